The van der Waals surface area contributed by atoms with Gasteiger partial charge in [0.15, 0.2) is 12.4 Å². The van der Waals surface area contributed by atoms with Crippen LogP contribution in [-0.2, 0) is 33.3 Å². The molecule has 0 spiro atoms. The maximum Gasteiger partial charge on any atom is 0.306 e. The number of unbranched alkanes of at least 4 members (excludes halogenated alkanes) is 20. The number of carboxylic acid groups (broad SMARTS) is 1. The number of hydrogen-bond acceptors (Lipinski definition) is 8. The average molecular weight is 993 g/mol. The maximum absolute atomic E-state index is 12.8. The summed E-state index contributed by atoms with van der Waals surface area (Å²) >= 11 is 0. The number of nitrogens with zero attached hydrogens (tertiary/aromatic N) is 1. The molecule has 0 saturated heterocycles. The van der Waals surface area contributed by atoms with Crippen LogP contribution in [0.15, 0.2) is 97.2 Å². The molecule has 0 saturated carbocycles. The zero-order valence-electron chi connectivity index (χ0n) is 46.1. The molecular formula is C62H105NO8. The molecule has 0 aromatic carbocycles. The molecule has 9 nitrogen and oxygen atoms in total. The lowest BCUT2D eigenvalue weighted by Gasteiger charge is -2.26. The molecule has 0 aromatic rings. The van der Waals surface area contributed by atoms with Crippen molar-refractivity contribution in [3.05, 3.63) is 97.2 Å². The molecule has 0 aliphatic rings. The third-order valence-electron chi connectivity index (χ3n) is 11.8. The highest BCUT2D eigenvalue weighted by molar-refractivity contribution is 5.70. The summed E-state index contributed by atoms with van der Waals surface area (Å²) in [7, 11) is 5.91. The summed E-state index contributed by atoms with van der Waals surface area (Å²) in [4.78, 5) is 37.1. The lowest BCUT2D eigenvalue weighted by Crippen LogP contribution is -2.44. The molecule has 2 unspecified atom stereocenters. The first-order valence-corrected chi connectivity index (χ1v) is 28.4. The Bertz CT molecular complexity index is 1480. The second-order valence-electron chi connectivity index (χ2n) is 19.9. The Morgan fingerprint density at radius 2 is 0.803 bits per heavy atom. The fourth-order valence-corrected chi connectivity index (χ4v) is 7.49. The highest BCUT2D eigenvalue weighted by Crippen LogP contribution is 2.15. The first-order valence-electron chi connectivity index (χ1n) is 28.4. The molecule has 0 radical (unpaired) electrons. The summed E-state index contributed by atoms with van der Waals surface area (Å²) < 4.78 is 22.6. The van der Waals surface area contributed by atoms with Gasteiger partial charge in [-0.3, -0.25) is 9.59 Å². The molecule has 71 heavy (non-hydrogen) atoms. The van der Waals surface area contributed by atoms with E-state index in [-0.39, 0.29) is 38.6 Å². The molecule has 0 rings (SSSR count). The Morgan fingerprint density at radius 1 is 0.437 bits per heavy atom. The van der Waals surface area contributed by atoms with Gasteiger partial charge in [-0.1, -0.05) is 227 Å². The smallest absolute Gasteiger partial charge is 0.306 e. The van der Waals surface area contributed by atoms with Crippen molar-refractivity contribution in [2.45, 2.75) is 232 Å². The number of allylic oxidation sites excluding steroid dienone is 16. The zero-order chi connectivity index (χ0) is 52.0. The van der Waals surface area contributed by atoms with Crippen molar-refractivity contribution in [3.8, 4) is 0 Å². The molecule has 0 aromatic heterocycles. The molecule has 0 aliphatic heterocycles. The van der Waals surface area contributed by atoms with Crippen molar-refractivity contribution in [2.75, 3.05) is 47.5 Å². The van der Waals surface area contributed by atoms with Gasteiger partial charge in [0.25, 0.3) is 0 Å². The van der Waals surface area contributed by atoms with Crippen LogP contribution >= 0.6 is 0 Å². The molecule has 0 N–H and O–H groups in total. The molecule has 0 amide bonds. The molecule has 406 valence electrons. The number of likely N-dealkylation sites (N-methyl/N-ethyl adjacent to an activating group) is 1. The van der Waals surface area contributed by atoms with Crippen molar-refractivity contribution in [2.24, 2.45) is 0 Å². The number of aliphatic carboxylic acids is 1. The quantitative estimate of drug-likeness (QED) is 0.0195. The predicted octanol–water partition coefficient (Wildman–Crippen LogP) is 15.2. The van der Waals surface area contributed by atoms with Crippen molar-refractivity contribution < 1.29 is 42.9 Å². The van der Waals surface area contributed by atoms with E-state index in [0.717, 1.165) is 96.3 Å². The van der Waals surface area contributed by atoms with Gasteiger partial charge in [-0.05, 0) is 77.0 Å². The Morgan fingerprint density at radius 3 is 1.20 bits per heavy atom. The molecule has 0 fully saturated rings. The van der Waals surface area contributed by atoms with E-state index in [2.05, 4.69) is 111 Å². The van der Waals surface area contributed by atoms with Crippen molar-refractivity contribution in [1.29, 1.82) is 0 Å². The molecule has 2 atom stereocenters. The third-order valence-corrected chi connectivity index (χ3v) is 11.8. The number of carboxylic acids is 1. The van der Waals surface area contributed by atoms with Gasteiger partial charge < -0.3 is 33.3 Å². The van der Waals surface area contributed by atoms with Crippen LogP contribution in [0.25, 0.3) is 0 Å². The number of ether oxygens (including phenoxy) is 4. The van der Waals surface area contributed by atoms with Gasteiger partial charge in [0.2, 0.25) is 0 Å². The van der Waals surface area contributed by atoms with Gasteiger partial charge in [0.1, 0.15) is 13.2 Å². The molecular weight excluding hydrogens is 887 g/mol. The van der Waals surface area contributed by atoms with Crippen LogP contribution in [0, 0.1) is 0 Å². The van der Waals surface area contributed by atoms with Gasteiger partial charge in [-0.2, -0.15) is 0 Å². The summed E-state index contributed by atoms with van der Waals surface area (Å²) in [5.41, 5.74) is 0. The highest BCUT2D eigenvalue weighted by atomic mass is 16.7. The Labute approximate surface area is 435 Å². The standard InChI is InChI=1S/C62H105NO8/c1-6-8-10-12-14-16-18-19-20-21-22-23-24-25-26-27-28-29-30-31-32-33-34-35-36-37-38-39-40-41-43-45-47-49-51-53-60(65)71-58(57-70-62(61(66)67)68-55-54-63(3,4)5)56-69-59(64)52-50-48-46-44-42-17-15-13-11-9-7-2/h8,10,14,16,19-20,22-23,25-26,28-29,31-32,34-35,58,62H,6-7,9,11-13,15,17-18,21,24,27,30,33,36-57H2,1-5H3/b10-8-,16-14-,20-19-,23-22-,26-25-,29-28-,32-31-,35-34-. The van der Waals surface area contributed by atoms with Gasteiger partial charge in [0, 0.05) is 12.8 Å². The Hall–Kier alpha value is -3.79. The van der Waals surface area contributed by atoms with Gasteiger partial charge in [0.05, 0.1) is 40.3 Å². The fourth-order valence-electron chi connectivity index (χ4n) is 7.49. The van der Waals surface area contributed by atoms with Crippen LogP contribution in [0.1, 0.15) is 219 Å². The molecule has 0 heterocycles. The lowest BCUT2D eigenvalue weighted by molar-refractivity contribution is -0.870. The van der Waals surface area contributed by atoms with E-state index >= 15 is 0 Å². The lowest BCUT2D eigenvalue weighted by atomic mass is 10.0. The topological polar surface area (TPSA) is 111 Å². The average Bonchev–Trinajstić information content (AvgIpc) is 3.34. The maximum atomic E-state index is 12.8. The van der Waals surface area contributed by atoms with Crippen molar-refractivity contribution in [3.63, 3.8) is 0 Å². The van der Waals surface area contributed by atoms with E-state index in [0.29, 0.717) is 17.4 Å². The highest BCUT2D eigenvalue weighted by Gasteiger charge is 2.22. The second kappa shape index (κ2) is 52.5. The number of carbonyl (C=O) groups is 3. The Balaban J connectivity index is 4.15. The summed E-state index contributed by atoms with van der Waals surface area (Å²) in [5.74, 6) is -2.29. The van der Waals surface area contributed by atoms with E-state index in [9.17, 15) is 19.5 Å². The Kier molecular flexibility index (Phi) is 49.7. The molecule has 0 bridgehead atoms. The van der Waals surface area contributed by atoms with Crippen LogP contribution in [0.3, 0.4) is 0 Å². The van der Waals surface area contributed by atoms with Crippen molar-refractivity contribution in [1.82, 2.24) is 0 Å². The first kappa shape index (κ1) is 67.2. The number of rotatable bonds is 51. The minimum absolute atomic E-state index is 0.144. The van der Waals surface area contributed by atoms with Crippen LogP contribution in [0.5, 0.6) is 0 Å². The number of quaternary nitrogens is 1. The van der Waals surface area contributed by atoms with E-state index in [1.54, 1.807) is 0 Å². The minimum atomic E-state index is -1.62. The molecule has 9 heteroatoms. The SMILES string of the molecule is CC/C=C\C/C=C\C/C=C\C/C=C\C/C=C\C/C=C\C/C=C\C/C=C\CCCCCCCCCCCCC(=O)OC(COC(=O)CCCCCCCCCCCCC)COC(OCC[N+](C)(C)C)C(=O)[O-]. The zero-order valence-corrected chi connectivity index (χ0v) is 46.1. The number of esters is 2. The van der Waals surface area contributed by atoms with Crippen LogP contribution in [0.4, 0.5) is 0 Å². The predicted molar refractivity (Wildman–Crippen MR) is 297 cm³/mol. The summed E-state index contributed by atoms with van der Waals surface area (Å²) in [5, 5.41) is 11.7. The molecule has 0 aliphatic carbocycles. The first-order chi connectivity index (χ1) is 34.6. The second-order valence-corrected chi connectivity index (χ2v) is 19.9. The monoisotopic (exact) mass is 992 g/mol. The van der Waals surface area contributed by atoms with Crippen LogP contribution in [0.2, 0.25) is 0 Å². The summed E-state index contributed by atoms with van der Waals surface area (Å²) in [6.07, 6.45) is 67.5. The van der Waals surface area contributed by atoms with Crippen molar-refractivity contribution >= 4 is 17.9 Å². The number of carbonyl (C=O) groups excluding carboxylic acids is 3. The summed E-state index contributed by atoms with van der Waals surface area (Å²) in [6.45, 7) is 4.61. The summed E-state index contributed by atoms with van der Waals surface area (Å²) in [6, 6.07) is 0. The van der Waals surface area contributed by atoms with Gasteiger partial charge in [-0.25, -0.2) is 0 Å². The fraction of sp³-hybridized carbons (Fsp3) is 0.694. The van der Waals surface area contributed by atoms with E-state index in [4.69, 9.17) is 18.9 Å². The van der Waals surface area contributed by atoms with Crippen LogP contribution in [-0.4, -0.2) is 82.3 Å². The van der Waals surface area contributed by atoms with E-state index in [1.165, 1.54) is 89.9 Å². The van der Waals surface area contributed by atoms with Gasteiger partial charge in [-0.15, -0.1) is 0 Å². The van der Waals surface area contributed by atoms with E-state index in [1.807, 2.05) is 21.1 Å². The number of hydrogen-bond donors (Lipinski definition) is 0. The normalized spacial score (nSPS) is 13.5. The minimum Gasteiger partial charge on any atom is -0.545 e. The largest absolute Gasteiger partial charge is 0.545 e. The van der Waals surface area contributed by atoms with Gasteiger partial charge >= 0.3 is 11.9 Å². The van der Waals surface area contributed by atoms with E-state index < -0.39 is 24.3 Å². The third kappa shape index (κ3) is 53.8. The van der Waals surface area contributed by atoms with Crippen LogP contribution < -0.4 is 5.11 Å².